The van der Waals surface area contributed by atoms with Crippen LogP contribution in [0.15, 0.2) is 90.0 Å². The molecule has 2 aromatic carbocycles. The molecule has 0 spiro atoms. The molecule has 1 atom stereocenters. The van der Waals surface area contributed by atoms with Crippen molar-refractivity contribution in [1.82, 2.24) is 29.9 Å². The molecule has 15 heteroatoms. The smallest absolute Gasteiger partial charge is 0.406 e. The Labute approximate surface area is 258 Å². The van der Waals surface area contributed by atoms with Crippen molar-refractivity contribution in [2.24, 2.45) is 0 Å². The monoisotopic (exact) mass is 637 g/mol. The second-order valence-corrected chi connectivity index (χ2v) is 10.3. The van der Waals surface area contributed by atoms with Gasteiger partial charge in [-0.2, -0.15) is 0 Å². The summed E-state index contributed by atoms with van der Waals surface area (Å²) in [6.45, 7) is -0.289. The van der Waals surface area contributed by atoms with Crippen LogP contribution in [0.2, 0.25) is 0 Å². The maximum atomic E-state index is 14.7. The number of hydrogen-bond donors (Lipinski definition) is 2. The summed E-state index contributed by atoms with van der Waals surface area (Å²) >= 11 is 0. The van der Waals surface area contributed by atoms with Gasteiger partial charge < -0.3 is 19.9 Å². The van der Waals surface area contributed by atoms with E-state index in [1.165, 1.54) is 35.2 Å². The van der Waals surface area contributed by atoms with Crippen molar-refractivity contribution in [2.45, 2.75) is 45.0 Å². The summed E-state index contributed by atoms with van der Waals surface area (Å²) in [5.41, 5.74) is 1.49. The number of pyridine rings is 2. The third kappa shape index (κ3) is 8.97. The quantitative estimate of drug-likeness (QED) is 0.194. The van der Waals surface area contributed by atoms with Crippen molar-refractivity contribution >= 4 is 28.4 Å². The Bertz CT molecular complexity index is 1910. The van der Waals surface area contributed by atoms with Crippen LogP contribution in [-0.2, 0) is 30.8 Å². The summed E-state index contributed by atoms with van der Waals surface area (Å²) in [6.07, 6.45) is -3.60. The van der Waals surface area contributed by atoms with E-state index in [4.69, 9.17) is 0 Å². The van der Waals surface area contributed by atoms with Crippen LogP contribution in [0.1, 0.15) is 28.2 Å². The van der Waals surface area contributed by atoms with Crippen LogP contribution in [-0.4, -0.2) is 48.9 Å². The van der Waals surface area contributed by atoms with Crippen LogP contribution in [0, 0.1) is 0 Å². The lowest BCUT2D eigenvalue weighted by molar-refractivity contribution is -0.274. The van der Waals surface area contributed by atoms with Gasteiger partial charge in [-0.3, -0.25) is 19.4 Å². The highest BCUT2D eigenvalue weighted by Crippen LogP contribution is 2.23. The van der Waals surface area contributed by atoms with Gasteiger partial charge in [0.2, 0.25) is 5.91 Å². The van der Waals surface area contributed by atoms with E-state index < -0.39 is 29.7 Å². The zero-order valence-corrected chi connectivity index (χ0v) is 24.1. The molecule has 2 amide bonds. The Morgan fingerprint density at radius 3 is 2.63 bits per heavy atom. The number of carbonyl (C=O) groups excluding carboxylic acids is 2. The average molecular weight is 638 g/mol. The molecule has 0 aliphatic rings. The predicted molar refractivity (Wildman–Crippen MR) is 159 cm³/mol. The van der Waals surface area contributed by atoms with Gasteiger partial charge in [0.1, 0.15) is 11.9 Å². The second-order valence-electron chi connectivity index (χ2n) is 10.3. The number of aromatic nitrogens is 5. The van der Waals surface area contributed by atoms with Crippen LogP contribution in [0.5, 0.6) is 5.75 Å². The highest BCUT2D eigenvalue weighted by Gasteiger charge is 2.31. The van der Waals surface area contributed by atoms with Gasteiger partial charge in [0.15, 0.2) is 5.69 Å². The Balaban J connectivity index is 1.07. The van der Waals surface area contributed by atoms with Crippen LogP contribution in [0.25, 0.3) is 10.9 Å². The molecule has 0 aliphatic heterocycles. The Hall–Kier alpha value is -5.60. The van der Waals surface area contributed by atoms with E-state index in [0.717, 1.165) is 27.7 Å². The first kappa shape index (κ1) is 31.8. The van der Waals surface area contributed by atoms with Crippen molar-refractivity contribution < 1.29 is 31.9 Å². The first-order valence-electron chi connectivity index (χ1n) is 14.0. The number of benzene rings is 2. The van der Waals surface area contributed by atoms with Gasteiger partial charge in [-0.1, -0.05) is 41.6 Å². The molecule has 1 unspecified atom stereocenters. The molecule has 0 saturated carbocycles. The van der Waals surface area contributed by atoms with Gasteiger partial charge in [-0.15, -0.1) is 18.3 Å². The number of para-hydroxylation sites is 1. The first-order valence-corrected chi connectivity index (χ1v) is 14.0. The number of rotatable bonds is 12. The molecular weight excluding hydrogens is 610 g/mol. The summed E-state index contributed by atoms with van der Waals surface area (Å²) in [4.78, 5) is 42.0. The number of anilines is 1. The molecule has 5 rings (SSSR count). The highest BCUT2D eigenvalue weighted by atomic mass is 19.4. The maximum Gasteiger partial charge on any atom is 0.573 e. The van der Waals surface area contributed by atoms with E-state index in [9.17, 15) is 31.9 Å². The molecule has 3 heterocycles. The number of ether oxygens (including phenoxy) is 1. The second kappa shape index (κ2) is 14.0. The van der Waals surface area contributed by atoms with E-state index in [1.807, 2.05) is 30.3 Å². The van der Waals surface area contributed by atoms with Crippen molar-refractivity contribution in [3.05, 3.63) is 112 Å². The minimum Gasteiger partial charge on any atom is -0.406 e. The number of hydrogen-bond acceptors (Lipinski definition) is 7. The molecule has 5 aromatic rings. The summed E-state index contributed by atoms with van der Waals surface area (Å²) in [5.74, 6) is -1.42. The van der Waals surface area contributed by atoms with E-state index in [0.29, 0.717) is 16.9 Å². The molecule has 3 aromatic heterocycles. The molecule has 0 radical (unpaired) electrons. The minimum absolute atomic E-state index is 0.0256. The molecule has 0 fully saturated rings. The summed E-state index contributed by atoms with van der Waals surface area (Å²) in [5, 5.41) is 13.6. The summed E-state index contributed by atoms with van der Waals surface area (Å²) in [7, 11) is 0. The van der Waals surface area contributed by atoms with Crippen LogP contribution in [0.3, 0.4) is 0 Å². The Morgan fingerprint density at radius 1 is 1.00 bits per heavy atom. The average Bonchev–Trinajstić information content (AvgIpc) is 3.47. The predicted octanol–water partition coefficient (Wildman–Crippen LogP) is 4.43. The molecule has 46 heavy (non-hydrogen) atoms. The molecular formula is C31H27F4N7O4. The van der Waals surface area contributed by atoms with Crippen LogP contribution in [0.4, 0.5) is 23.2 Å². The molecule has 0 aliphatic carbocycles. The van der Waals surface area contributed by atoms with E-state index in [-0.39, 0.29) is 44.1 Å². The van der Waals surface area contributed by atoms with Gasteiger partial charge in [0, 0.05) is 36.4 Å². The lowest BCUT2D eigenvalue weighted by Crippen LogP contribution is -2.24. The summed E-state index contributed by atoms with van der Waals surface area (Å²) < 4.78 is 58.3. The van der Waals surface area contributed by atoms with E-state index in [1.54, 1.807) is 12.1 Å². The minimum atomic E-state index is -4.84. The van der Waals surface area contributed by atoms with E-state index >= 15 is 0 Å². The van der Waals surface area contributed by atoms with Gasteiger partial charge in [-0.25, -0.2) is 9.07 Å². The summed E-state index contributed by atoms with van der Waals surface area (Å²) in [6, 6.07) is 19.1. The highest BCUT2D eigenvalue weighted by molar-refractivity contribution is 5.92. The Kier molecular flexibility index (Phi) is 9.69. The molecule has 238 valence electrons. The van der Waals surface area contributed by atoms with Crippen LogP contribution < -0.4 is 20.9 Å². The largest absolute Gasteiger partial charge is 0.573 e. The zero-order chi connectivity index (χ0) is 32.7. The topological polar surface area (TPSA) is 133 Å². The fourth-order valence-electron chi connectivity index (χ4n) is 4.54. The molecule has 0 bridgehead atoms. The van der Waals surface area contributed by atoms with Crippen molar-refractivity contribution in [3.63, 3.8) is 0 Å². The number of halogens is 4. The molecule has 0 saturated heterocycles. The third-order valence-corrected chi connectivity index (χ3v) is 6.70. The molecule has 11 nitrogen and oxygen atoms in total. The lowest BCUT2D eigenvalue weighted by atomic mass is 10.2. The van der Waals surface area contributed by atoms with E-state index in [2.05, 4.69) is 30.7 Å². The third-order valence-electron chi connectivity index (χ3n) is 6.70. The van der Waals surface area contributed by atoms with Gasteiger partial charge in [0.25, 0.3) is 11.5 Å². The number of nitrogens with zero attached hydrogens (tertiary/aromatic N) is 5. The lowest BCUT2D eigenvalue weighted by Gasteiger charge is -2.11. The van der Waals surface area contributed by atoms with Gasteiger partial charge >= 0.3 is 6.36 Å². The standard InChI is InChI=1S/C31H27F4N7O4/c32-22(18-42-19-27(39-40-42)30(45)36-17-20-4-3-6-25(14-20)46-31(33,34)35)10-12-41-13-11-24(16-29(41)44)38-28(43)15-23-9-8-21-5-1-2-7-26(21)37-23/h1-9,11,13-14,16,19,22H,10,12,15,17-18H2,(H,36,45)(H,38,43). The number of amides is 2. The normalized spacial score (nSPS) is 12.1. The molecule has 2 N–H and O–H groups in total. The number of fused-ring (bicyclic) bond motifs is 1. The fourth-order valence-corrected chi connectivity index (χ4v) is 4.54. The van der Waals surface area contributed by atoms with Gasteiger partial charge in [-0.05, 0) is 42.3 Å². The number of nitrogens with one attached hydrogen (secondary N) is 2. The van der Waals surface area contributed by atoms with Crippen molar-refractivity contribution in [2.75, 3.05) is 5.32 Å². The fraction of sp³-hybridized carbons (Fsp3) is 0.226. The maximum absolute atomic E-state index is 14.7. The number of alkyl halides is 4. The Morgan fingerprint density at radius 2 is 1.83 bits per heavy atom. The number of aryl methyl sites for hydroxylation is 1. The van der Waals surface area contributed by atoms with Gasteiger partial charge in [0.05, 0.1) is 30.4 Å². The van der Waals surface area contributed by atoms with Crippen molar-refractivity contribution in [1.29, 1.82) is 0 Å². The number of carbonyl (C=O) groups is 2. The van der Waals surface area contributed by atoms with Crippen LogP contribution >= 0.6 is 0 Å². The first-order chi connectivity index (χ1) is 22.0. The zero-order valence-electron chi connectivity index (χ0n) is 24.1. The van der Waals surface area contributed by atoms with Crippen molar-refractivity contribution in [3.8, 4) is 5.75 Å². The SMILES string of the molecule is O=C(Cc1ccc2ccccc2n1)Nc1ccn(CCC(F)Cn2cc(C(=O)NCc3cccc(OC(F)(F)F)c3)nn2)c(=O)c1.